The average Bonchev–Trinajstić information content (AvgIpc) is 1.37. The third kappa shape index (κ3) is 13.2. The Hall–Kier alpha value is 0.350. The molecule has 0 bridgehead atoms. The van der Waals surface area contributed by atoms with Gasteiger partial charge in [0.05, 0.1) is 0 Å². The van der Waals surface area contributed by atoms with Crippen LogP contribution in [0.15, 0.2) is 0 Å². The molecule has 0 saturated heterocycles. The highest BCUT2D eigenvalue weighted by Crippen LogP contribution is 1.70. The number of rotatable bonds is 1. The molecule has 0 aromatic carbocycles. The van der Waals surface area contributed by atoms with E-state index in [1.54, 1.807) is 0 Å². The highest BCUT2D eigenvalue weighted by atomic mass is 31.0. The Morgan fingerprint density at radius 1 is 1.60 bits per heavy atom. The second kappa shape index (κ2) is 8.84. The standard InChI is InChI=1S/C2H7OP.H2O/c3-1-2-4;/h3H,1-2,4H2;1H2. The molecule has 3 N–H and O–H groups in total. The van der Waals surface area contributed by atoms with Crippen LogP contribution in [0.25, 0.3) is 0 Å². The Morgan fingerprint density at radius 3 is 1.80 bits per heavy atom. The number of aliphatic hydroxyl groups excluding tert-OH is 1. The van der Waals surface area contributed by atoms with Crippen molar-refractivity contribution in [2.45, 2.75) is 0 Å². The van der Waals surface area contributed by atoms with Crippen molar-refractivity contribution in [1.82, 2.24) is 0 Å². The number of hydrogen-bond donors (Lipinski definition) is 1. The highest BCUT2D eigenvalue weighted by molar-refractivity contribution is 7.16. The van der Waals surface area contributed by atoms with Gasteiger partial charge in [-0.1, -0.05) is 0 Å². The van der Waals surface area contributed by atoms with Gasteiger partial charge in [-0.15, -0.1) is 9.24 Å². The van der Waals surface area contributed by atoms with Gasteiger partial charge in [0.1, 0.15) is 0 Å². The van der Waals surface area contributed by atoms with Crippen LogP contribution in [-0.2, 0) is 0 Å². The lowest BCUT2D eigenvalue weighted by Crippen LogP contribution is -1.75. The molecule has 0 heterocycles. The van der Waals surface area contributed by atoms with Crippen molar-refractivity contribution in [3.63, 3.8) is 0 Å². The highest BCUT2D eigenvalue weighted by Gasteiger charge is 1.57. The van der Waals surface area contributed by atoms with E-state index >= 15 is 0 Å². The van der Waals surface area contributed by atoms with E-state index < -0.39 is 0 Å². The lowest BCUT2D eigenvalue weighted by molar-refractivity contribution is 0.322. The van der Waals surface area contributed by atoms with E-state index in [9.17, 15) is 0 Å². The normalized spacial score (nSPS) is 6.00. The first-order valence-corrected chi connectivity index (χ1v) is 2.04. The molecule has 0 saturated carbocycles. The molecule has 0 rings (SSSR count). The summed E-state index contributed by atoms with van der Waals surface area (Å²) >= 11 is 0. The van der Waals surface area contributed by atoms with Crippen LogP contribution in [-0.4, -0.2) is 23.4 Å². The molecule has 0 radical (unpaired) electrons. The summed E-state index contributed by atoms with van der Waals surface area (Å²) in [5, 5.41) is 7.85. The lowest BCUT2D eigenvalue weighted by Gasteiger charge is -1.69. The maximum Gasteiger partial charge on any atom is 0.0465 e. The molecule has 0 aromatic rings. The van der Waals surface area contributed by atoms with Gasteiger partial charge in [-0.3, -0.25) is 0 Å². The zero-order valence-corrected chi connectivity index (χ0v) is 4.09. The predicted molar refractivity (Wildman–Crippen MR) is 25.3 cm³/mol. The van der Waals surface area contributed by atoms with Crippen molar-refractivity contribution < 1.29 is 10.6 Å². The molecule has 5 heavy (non-hydrogen) atoms. The van der Waals surface area contributed by atoms with E-state index in [1.807, 2.05) is 0 Å². The van der Waals surface area contributed by atoms with E-state index in [0.717, 1.165) is 6.16 Å². The van der Waals surface area contributed by atoms with E-state index in [0.29, 0.717) is 0 Å². The van der Waals surface area contributed by atoms with Gasteiger partial charge in [0.15, 0.2) is 0 Å². The monoisotopic (exact) mass is 96.0 g/mol. The summed E-state index contributed by atoms with van der Waals surface area (Å²) in [6.45, 7) is 0.282. The fourth-order valence-corrected chi connectivity index (χ4v) is 0. The Balaban J connectivity index is 0. The third-order valence-corrected chi connectivity index (χ3v) is 0.387. The maximum absolute atomic E-state index is 7.85. The van der Waals surface area contributed by atoms with Gasteiger partial charge in [0.2, 0.25) is 0 Å². The molecular formula is C2H9O2P. The second-order valence-electron chi connectivity index (χ2n) is 0.512. The molecule has 0 fully saturated rings. The van der Waals surface area contributed by atoms with Crippen LogP contribution in [0.5, 0.6) is 0 Å². The molecule has 34 valence electrons. The summed E-state index contributed by atoms with van der Waals surface area (Å²) in [7, 11) is 2.41. The summed E-state index contributed by atoms with van der Waals surface area (Å²) in [6, 6.07) is 0. The average molecular weight is 96.1 g/mol. The summed E-state index contributed by atoms with van der Waals surface area (Å²) in [4.78, 5) is 0. The smallest absolute Gasteiger partial charge is 0.0465 e. The largest absolute Gasteiger partial charge is 0.412 e. The molecule has 0 amide bonds. The van der Waals surface area contributed by atoms with Crippen LogP contribution in [0.4, 0.5) is 0 Å². The quantitative estimate of drug-likeness (QED) is 0.419. The van der Waals surface area contributed by atoms with Crippen LogP contribution in [0.2, 0.25) is 0 Å². The van der Waals surface area contributed by atoms with Crippen molar-refractivity contribution in [2.24, 2.45) is 0 Å². The second-order valence-corrected chi connectivity index (χ2v) is 1.09. The molecule has 3 heteroatoms. The summed E-state index contributed by atoms with van der Waals surface area (Å²) in [5.74, 6) is 0. The van der Waals surface area contributed by atoms with Gasteiger partial charge in [0.25, 0.3) is 0 Å². The fourth-order valence-electron chi connectivity index (χ4n) is 0. The molecule has 1 unspecified atom stereocenters. The fraction of sp³-hybridized carbons (Fsp3) is 1.00. The van der Waals surface area contributed by atoms with Crippen LogP contribution >= 0.6 is 9.24 Å². The van der Waals surface area contributed by atoms with Crippen molar-refractivity contribution in [1.29, 1.82) is 0 Å². The van der Waals surface area contributed by atoms with Crippen LogP contribution < -0.4 is 0 Å². The Kier molecular flexibility index (Phi) is 15.9. The molecule has 0 aliphatic heterocycles. The van der Waals surface area contributed by atoms with Gasteiger partial charge in [-0.05, 0) is 6.16 Å². The van der Waals surface area contributed by atoms with Gasteiger partial charge in [-0.2, -0.15) is 0 Å². The lowest BCUT2D eigenvalue weighted by atomic mass is 10.9. The van der Waals surface area contributed by atoms with E-state index in [2.05, 4.69) is 9.24 Å². The third-order valence-electron chi connectivity index (χ3n) is 0.129. The minimum absolute atomic E-state index is 0. The van der Waals surface area contributed by atoms with Gasteiger partial charge < -0.3 is 10.6 Å². The van der Waals surface area contributed by atoms with Crippen molar-refractivity contribution >= 4 is 9.24 Å². The van der Waals surface area contributed by atoms with E-state index in [4.69, 9.17) is 5.11 Å². The molecular weight excluding hydrogens is 87.0 g/mol. The Morgan fingerprint density at radius 2 is 1.80 bits per heavy atom. The van der Waals surface area contributed by atoms with Crippen molar-refractivity contribution in [3.05, 3.63) is 0 Å². The summed E-state index contributed by atoms with van der Waals surface area (Å²) in [5.41, 5.74) is 0. The number of aliphatic hydroxyl groups is 1. The molecule has 0 aliphatic rings. The summed E-state index contributed by atoms with van der Waals surface area (Å²) in [6.07, 6.45) is 0.792. The minimum atomic E-state index is 0. The van der Waals surface area contributed by atoms with E-state index in [1.165, 1.54) is 0 Å². The molecule has 2 nitrogen and oxygen atoms in total. The van der Waals surface area contributed by atoms with Gasteiger partial charge in [0, 0.05) is 6.61 Å². The van der Waals surface area contributed by atoms with Crippen molar-refractivity contribution in [2.75, 3.05) is 12.8 Å². The minimum Gasteiger partial charge on any atom is -0.412 e. The van der Waals surface area contributed by atoms with Crippen LogP contribution in [0.1, 0.15) is 0 Å². The number of hydrogen-bond acceptors (Lipinski definition) is 1. The Labute approximate surface area is 33.7 Å². The molecule has 0 spiro atoms. The summed E-state index contributed by atoms with van der Waals surface area (Å²) < 4.78 is 0. The van der Waals surface area contributed by atoms with Crippen LogP contribution in [0.3, 0.4) is 0 Å². The zero-order chi connectivity index (χ0) is 3.41. The molecule has 1 atom stereocenters. The topological polar surface area (TPSA) is 51.7 Å². The van der Waals surface area contributed by atoms with Crippen molar-refractivity contribution in [3.8, 4) is 0 Å². The SMILES string of the molecule is O.OCCP. The zero-order valence-electron chi connectivity index (χ0n) is 2.94. The van der Waals surface area contributed by atoms with E-state index in [-0.39, 0.29) is 12.1 Å². The molecule has 0 aliphatic carbocycles. The first-order chi connectivity index (χ1) is 1.91. The first kappa shape index (κ1) is 9.02. The molecule has 0 aromatic heterocycles. The van der Waals surface area contributed by atoms with Gasteiger partial charge >= 0.3 is 0 Å². The van der Waals surface area contributed by atoms with Crippen LogP contribution in [0, 0.1) is 0 Å². The van der Waals surface area contributed by atoms with Gasteiger partial charge in [-0.25, -0.2) is 0 Å². The first-order valence-electron chi connectivity index (χ1n) is 1.22. The predicted octanol–water partition coefficient (Wildman–Crippen LogP) is -0.971. The maximum atomic E-state index is 7.85. The Bertz CT molecular complexity index is 9.61.